The molecule has 10 unspecified atom stereocenters. The minimum atomic E-state index is -0.374. The Bertz CT molecular complexity index is 760. The molecule has 2 heterocycles. The Hall–Kier alpha value is -1.89. The van der Waals surface area contributed by atoms with E-state index >= 15 is 0 Å². The zero-order chi connectivity index (χ0) is 20.4. The van der Waals surface area contributed by atoms with Crippen molar-refractivity contribution < 1.29 is 33.7 Å². The van der Waals surface area contributed by atoms with Crippen molar-refractivity contribution in [1.82, 2.24) is 0 Å². The third kappa shape index (κ3) is 3.09. The second-order valence-electron chi connectivity index (χ2n) is 9.77. The van der Waals surface area contributed by atoms with Gasteiger partial charge in [0.2, 0.25) is 0 Å². The van der Waals surface area contributed by atoms with Crippen LogP contribution in [0.4, 0.5) is 0 Å². The van der Waals surface area contributed by atoms with Crippen LogP contribution in [0.5, 0.6) is 0 Å². The molecule has 7 heteroatoms. The summed E-state index contributed by atoms with van der Waals surface area (Å²) < 4.78 is 15.9. The average Bonchev–Trinajstić information content (AvgIpc) is 3.39. The number of hydrogen-bond donors (Lipinski definition) is 1. The largest absolute Gasteiger partial charge is 0.459 e. The van der Waals surface area contributed by atoms with Gasteiger partial charge in [0, 0.05) is 36.2 Å². The third-order valence-corrected chi connectivity index (χ3v) is 8.01. The van der Waals surface area contributed by atoms with E-state index in [9.17, 15) is 19.5 Å². The van der Waals surface area contributed by atoms with Gasteiger partial charge in [0.05, 0.1) is 6.10 Å². The average molecular weight is 404 g/mol. The maximum absolute atomic E-state index is 11.6. The van der Waals surface area contributed by atoms with Gasteiger partial charge in [0.15, 0.2) is 0 Å². The molecule has 7 nitrogen and oxygen atoms in total. The molecule has 4 bridgehead atoms. The fourth-order valence-corrected chi connectivity index (χ4v) is 6.79. The van der Waals surface area contributed by atoms with Crippen LogP contribution in [0, 0.1) is 35.5 Å². The highest BCUT2D eigenvalue weighted by Gasteiger charge is 2.59. The lowest BCUT2D eigenvalue weighted by Crippen LogP contribution is -2.46. The van der Waals surface area contributed by atoms with Crippen LogP contribution >= 0.6 is 0 Å². The summed E-state index contributed by atoms with van der Waals surface area (Å²) in [5.74, 6) is 2.00. The normalized spacial score (nSPS) is 47.8. The maximum Gasteiger partial charge on any atom is 0.333 e. The van der Waals surface area contributed by atoms with E-state index in [4.69, 9.17) is 14.2 Å². The summed E-state index contributed by atoms with van der Waals surface area (Å²) in [5.41, 5.74) is 0.395. The molecule has 0 aromatic rings. The lowest BCUT2D eigenvalue weighted by atomic mass is 9.81. The van der Waals surface area contributed by atoms with E-state index in [0.29, 0.717) is 53.9 Å². The van der Waals surface area contributed by atoms with Crippen LogP contribution in [0.25, 0.3) is 0 Å². The van der Waals surface area contributed by atoms with Crippen molar-refractivity contribution in [1.29, 1.82) is 0 Å². The van der Waals surface area contributed by atoms with Gasteiger partial charge < -0.3 is 19.3 Å². The number of carbonyl (C=O) groups excluding carboxylic acids is 3. The monoisotopic (exact) mass is 404 g/mol. The van der Waals surface area contributed by atoms with E-state index in [-0.39, 0.29) is 42.3 Å². The van der Waals surface area contributed by atoms with Gasteiger partial charge in [-0.25, -0.2) is 4.79 Å². The van der Waals surface area contributed by atoms with Crippen LogP contribution in [0.1, 0.15) is 45.4 Å². The quantitative estimate of drug-likeness (QED) is 0.425. The number of esters is 3. The van der Waals surface area contributed by atoms with E-state index in [1.165, 1.54) is 0 Å². The Kier molecular flexibility index (Phi) is 4.49. The van der Waals surface area contributed by atoms with Crippen LogP contribution in [0.15, 0.2) is 12.2 Å². The van der Waals surface area contributed by atoms with Gasteiger partial charge in [-0.15, -0.1) is 0 Å². The zero-order valence-electron chi connectivity index (χ0n) is 16.6. The minimum absolute atomic E-state index is 0.111. The van der Waals surface area contributed by atoms with E-state index in [0.717, 1.165) is 25.7 Å². The van der Waals surface area contributed by atoms with Crippen LogP contribution in [-0.4, -0.2) is 47.4 Å². The molecular weight excluding hydrogens is 376 g/mol. The Labute approximate surface area is 169 Å². The molecular formula is C22H28O7. The molecule has 6 fully saturated rings. The van der Waals surface area contributed by atoms with Crippen LogP contribution in [0.3, 0.4) is 0 Å². The van der Waals surface area contributed by atoms with Crippen molar-refractivity contribution >= 4 is 17.9 Å². The summed E-state index contributed by atoms with van der Waals surface area (Å²) in [6.07, 6.45) is 4.28. The number of aliphatic hydroxyl groups excluding tert-OH is 1. The fourth-order valence-electron chi connectivity index (χ4n) is 6.79. The highest BCUT2D eigenvalue weighted by Crippen LogP contribution is 2.55. The first-order chi connectivity index (χ1) is 13.8. The summed E-state index contributed by atoms with van der Waals surface area (Å²) in [7, 11) is 0. The highest BCUT2D eigenvalue weighted by atomic mass is 16.6. The first-order valence-electron chi connectivity index (χ1n) is 10.7. The Balaban J connectivity index is 0.000000132. The van der Waals surface area contributed by atoms with Gasteiger partial charge in [-0.1, -0.05) is 6.58 Å². The first kappa shape index (κ1) is 19.1. The Morgan fingerprint density at radius 1 is 0.931 bits per heavy atom. The number of ether oxygens (including phenoxy) is 3. The zero-order valence-corrected chi connectivity index (χ0v) is 16.6. The van der Waals surface area contributed by atoms with Crippen molar-refractivity contribution in [2.45, 2.75) is 69.9 Å². The Morgan fingerprint density at radius 2 is 1.48 bits per heavy atom. The summed E-state index contributed by atoms with van der Waals surface area (Å²) in [5, 5.41) is 9.67. The maximum atomic E-state index is 11.6. The molecule has 0 amide bonds. The molecule has 2 saturated heterocycles. The standard InChI is InChI=1S/C13H16O4.C9H12O3/c1-6(2)13(15)17-11-8-3-7-5-10(14)16-12(11)9(7)4-8;10-7-3-4-1-5-2-6(4)9(12-7)8(5)11/h7-9,11-12H,1,3-5H2,2H3;4-6,8-9,11H,1-3H2. The number of fused-ring (bicyclic) bond motifs is 2. The molecule has 6 aliphatic rings. The summed E-state index contributed by atoms with van der Waals surface area (Å²) in [4.78, 5) is 34.0. The van der Waals surface area contributed by atoms with Gasteiger partial charge in [-0.3, -0.25) is 9.59 Å². The minimum Gasteiger partial charge on any atom is -0.459 e. The molecule has 4 saturated carbocycles. The fraction of sp³-hybridized carbons (Fsp3) is 0.773. The number of rotatable bonds is 2. The van der Waals surface area contributed by atoms with Crippen molar-refractivity contribution in [3.63, 3.8) is 0 Å². The van der Waals surface area contributed by atoms with Gasteiger partial charge in [0.25, 0.3) is 0 Å². The second kappa shape index (κ2) is 6.83. The van der Waals surface area contributed by atoms with Gasteiger partial charge in [-0.05, 0) is 50.4 Å². The van der Waals surface area contributed by atoms with Crippen molar-refractivity contribution in [3.8, 4) is 0 Å². The van der Waals surface area contributed by atoms with E-state index in [2.05, 4.69) is 6.58 Å². The molecule has 6 rings (SSSR count). The summed E-state index contributed by atoms with van der Waals surface area (Å²) in [6, 6.07) is 0. The van der Waals surface area contributed by atoms with Crippen molar-refractivity contribution in [2.75, 3.05) is 0 Å². The topological polar surface area (TPSA) is 99.1 Å². The molecule has 2 aliphatic heterocycles. The molecule has 158 valence electrons. The third-order valence-electron chi connectivity index (χ3n) is 8.01. The molecule has 0 radical (unpaired) electrons. The smallest absolute Gasteiger partial charge is 0.333 e. The summed E-state index contributed by atoms with van der Waals surface area (Å²) in [6.45, 7) is 5.20. The van der Waals surface area contributed by atoms with Gasteiger partial charge in [-0.2, -0.15) is 0 Å². The molecule has 10 atom stereocenters. The lowest BCUT2D eigenvalue weighted by Gasteiger charge is -2.38. The van der Waals surface area contributed by atoms with Crippen LogP contribution in [0.2, 0.25) is 0 Å². The summed E-state index contributed by atoms with van der Waals surface area (Å²) >= 11 is 0. The molecule has 0 aromatic carbocycles. The lowest BCUT2D eigenvalue weighted by molar-refractivity contribution is -0.182. The molecule has 0 spiro atoms. The predicted octanol–water partition coefficient (Wildman–Crippen LogP) is 1.76. The first-order valence-corrected chi connectivity index (χ1v) is 10.7. The SMILES string of the molecule is C=C(C)C(=O)OC1C2CC3CC(=O)OC1C3C2.O=C1CC2CC3CC2C(O1)C3O. The molecule has 0 aromatic heterocycles. The van der Waals surface area contributed by atoms with Crippen molar-refractivity contribution in [3.05, 3.63) is 12.2 Å². The van der Waals surface area contributed by atoms with Gasteiger partial charge in [0.1, 0.15) is 18.3 Å². The predicted molar refractivity (Wildman–Crippen MR) is 99.1 cm³/mol. The molecule has 1 N–H and O–H groups in total. The highest BCUT2D eigenvalue weighted by molar-refractivity contribution is 5.87. The van der Waals surface area contributed by atoms with E-state index < -0.39 is 0 Å². The van der Waals surface area contributed by atoms with Crippen LogP contribution < -0.4 is 0 Å². The number of carbonyl (C=O) groups is 3. The van der Waals surface area contributed by atoms with Crippen LogP contribution in [-0.2, 0) is 28.6 Å². The van der Waals surface area contributed by atoms with E-state index in [1.807, 2.05) is 0 Å². The second-order valence-corrected chi connectivity index (χ2v) is 9.77. The molecule has 4 aliphatic carbocycles. The van der Waals surface area contributed by atoms with Crippen molar-refractivity contribution in [2.24, 2.45) is 35.5 Å². The molecule has 29 heavy (non-hydrogen) atoms. The van der Waals surface area contributed by atoms with Gasteiger partial charge >= 0.3 is 17.9 Å². The van der Waals surface area contributed by atoms with E-state index in [1.54, 1.807) is 6.92 Å². The Morgan fingerprint density at radius 3 is 2.10 bits per heavy atom. The number of aliphatic hydroxyl groups is 1. The number of hydrogen-bond acceptors (Lipinski definition) is 7.